The Balaban J connectivity index is 1.74. The number of benzene rings is 1. The van der Waals surface area contributed by atoms with Crippen molar-refractivity contribution in [2.24, 2.45) is 0 Å². The highest BCUT2D eigenvalue weighted by atomic mass is 16.3. The van der Waals surface area contributed by atoms with E-state index in [1.165, 1.54) is 5.56 Å². The summed E-state index contributed by atoms with van der Waals surface area (Å²) in [6.45, 7) is 10.6. The summed E-state index contributed by atoms with van der Waals surface area (Å²) in [5.41, 5.74) is 4.42. The molecule has 1 fully saturated rings. The minimum atomic E-state index is 0.0148. The highest BCUT2D eigenvalue weighted by molar-refractivity contribution is 5.94. The van der Waals surface area contributed by atoms with Crippen LogP contribution in [0.1, 0.15) is 28.5 Å². The number of aryl methyl sites for hydroxylation is 2. The molecule has 1 aliphatic heterocycles. The maximum absolute atomic E-state index is 13.4. The molecule has 0 aliphatic carbocycles. The van der Waals surface area contributed by atoms with E-state index in [-0.39, 0.29) is 5.91 Å². The molecule has 1 aromatic carbocycles. The van der Waals surface area contributed by atoms with Crippen LogP contribution in [-0.4, -0.2) is 58.2 Å². The number of rotatable bonds is 4. The summed E-state index contributed by atoms with van der Waals surface area (Å²) in [5.74, 6) is 0.675. The average Bonchev–Trinajstić information content (AvgIpc) is 3.37. The normalized spacial score (nSPS) is 15.2. The summed E-state index contributed by atoms with van der Waals surface area (Å²) in [4.78, 5) is 17.7. The van der Waals surface area contributed by atoms with Gasteiger partial charge in [0.1, 0.15) is 11.4 Å². The Morgan fingerprint density at radius 1 is 1.11 bits per heavy atom. The molecule has 6 heteroatoms. The van der Waals surface area contributed by atoms with Crippen LogP contribution in [-0.2, 0) is 0 Å². The van der Waals surface area contributed by atoms with E-state index in [1.807, 2.05) is 42.2 Å². The van der Waals surface area contributed by atoms with Crippen molar-refractivity contribution in [3.8, 4) is 17.1 Å². The van der Waals surface area contributed by atoms with Gasteiger partial charge in [-0.15, -0.1) is 0 Å². The van der Waals surface area contributed by atoms with Gasteiger partial charge in [0.15, 0.2) is 5.76 Å². The molecule has 0 atom stereocenters. The summed E-state index contributed by atoms with van der Waals surface area (Å²) >= 11 is 0. The highest BCUT2D eigenvalue weighted by Gasteiger charge is 2.26. The minimum absolute atomic E-state index is 0.0148. The quantitative estimate of drug-likeness (QED) is 0.697. The van der Waals surface area contributed by atoms with E-state index in [1.54, 1.807) is 10.9 Å². The number of piperazine rings is 1. The maximum atomic E-state index is 13.4. The van der Waals surface area contributed by atoms with Crippen LogP contribution in [0.4, 0.5) is 0 Å². The predicted octanol–water partition coefficient (Wildman–Crippen LogP) is 3.53. The zero-order valence-electron chi connectivity index (χ0n) is 16.7. The smallest absolute Gasteiger partial charge is 0.272 e. The first-order chi connectivity index (χ1) is 13.6. The summed E-state index contributed by atoms with van der Waals surface area (Å²) in [6, 6.07) is 11.7. The van der Waals surface area contributed by atoms with Gasteiger partial charge < -0.3 is 14.2 Å². The van der Waals surface area contributed by atoms with E-state index in [4.69, 9.17) is 9.52 Å². The molecule has 1 saturated heterocycles. The predicted molar refractivity (Wildman–Crippen MR) is 109 cm³/mol. The molecule has 3 heterocycles. The zero-order chi connectivity index (χ0) is 19.7. The standard InChI is InChI=1S/C22H26N4O2/c1-4-24-9-11-25(12-10-24)22(27)20-15-18(21-6-5-13-28-21)23-26(20)19-8-7-16(2)14-17(19)3/h5-8,13-15H,4,9-12H2,1-3H3. The summed E-state index contributed by atoms with van der Waals surface area (Å²) in [6.07, 6.45) is 1.62. The summed E-state index contributed by atoms with van der Waals surface area (Å²) in [5, 5.41) is 4.73. The molecule has 0 unspecified atom stereocenters. The number of hydrogen-bond donors (Lipinski definition) is 0. The Morgan fingerprint density at radius 2 is 1.89 bits per heavy atom. The second kappa shape index (κ2) is 7.64. The molecule has 4 rings (SSSR count). The van der Waals surface area contributed by atoms with Crippen molar-refractivity contribution in [1.29, 1.82) is 0 Å². The van der Waals surface area contributed by atoms with Gasteiger partial charge in [-0.05, 0) is 44.2 Å². The molecule has 1 amide bonds. The van der Waals surface area contributed by atoms with Crippen LogP contribution < -0.4 is 0 Å². The topological polar surface area (TPSA) is 54.5 Å². The first kappa shape index (κ1) is 18.5. The highest BCUT2D eigenvalue weighted by Crippen LogP contribution is 2.25. The van der Waals surface area contributed by atoms with Gasteiger partial charge in [0, 0.05) is 32.2 Å². The summed E-state index contributed by atoms with van der Waals surface area (Å²) in [7, 11) is 0. The number of aromatic nitrogens is 2. The molecule has 0 saturated carbocycles. The van der Waals surface area contributed by atoms with E-state index in [9.17, 15) is 4.79 Å². The number of carbonyl (C=O) groups excluding carboxylic acids is 1. The number of carbonyl (C=O) groups is 1. The fourth-order valence-corrected chi connectivity index (χ4v) is 3.73. The van der Waals surface area contributed by atoms with Crippen molar-refractivity contribution in [3.05, 3.63) is 59.5 Å². The minimum Gasteiger partial charge on any atom is -0.463 e. The van der Waals surface area contributed by atoms with Crippen molar-refractivity contribution in [2.45, 2.75) is 20.8 Å². The Morgan fingerprint density at radius 3 is 2.54 bits per heavy atom. The van der Waals surface area contributed by atoms with Crippen LogP contribution in [0.25, 0.3) is 17.1 Å². The van der Waals surface area contributed by atoms with Gasteiger partial charge in [-0.3, -0.25) is 4.79 Å². The number of amides is 1. The second-order valence-corrected chi connectivity index (χ2v) is 7.32. The first-order valence-electron chi connectivity index (χ1n) is 9.80. The van der Waals surface area contributed by atoms with Crippen LogP contribution >= 0.6 is 0 Å². The fourth-order valence-electron chi connectivity index (χ4n) is 3.73. The van der Waals surface area contributed by atoms with Gasteiger partial charge in [-0.2, -0.15) is 5.10 Å². The van der Waals surface area contributed by atoms with Gasteiger partial charge in [-0.25, -0.2) is 4.68 Å². The lowest BCUT2D eigenvalue weighted by Crippen LogP contribution is -2.48. The van der Waals surface area contributed by atoms with E-state index in [0.29, 0.717) is 17.1 Å². The van der Waals surface area contributed by atoms with Gasteiger partial charge in [0.05, 0.1) is 12.0 Å². The Kier molecular flexibility index (Phi) is 5.05. The number of likely N-dealkylation sites (N-methyl/N-ethyl adjacent to an activating group) is 1. The molecular formula is C22H26N4O2. The third kappa shape index (κ3) is 3.47. The Labute approximate surface area is 165 Å². The molecule has 146 valence electrons. The Hall–Kier alpha value is -2.86. The lowest BCUT2D eigenvalue weighted by Gasteiger charge is -2.34. The molecule has 6 nitrogen and oxygen atoms in total. The molecule has 0 N–H and O–H groups in total. The largest absolute Gasteiger partial charge is 0.463 e. The molecule has 1 aliphatic rings. The van der Waals surface area contributed by atoms with E-state index >= 15 is 0 Å². The van der Waals surface area contributed by atoms with E-state index < -0.39 is 0 Å². The van der Waals surface area contributed by atoms with Gasteiger partial charge >= 0.3 is 0 Å². The molecular weight excluding hydrogens is 352 g/mol. The van der Waals surface area contributed by atoms with Gasteiger partial charge in [0.2, 0.25) is 0 Å². The van der Waals surface area contributed by atoms with Crippen molar-refractivity contribution in [3.63, 3.8) is 0 Å². The molecule has 28 heavy (non-hydrogen) atoms. The van der Waals surface area contributed by atoms with Crippen molar-refractivity contribution in [2.75, 3.05) is 32.7 Å². The van der Waals surface area contributed by atoms with E-state index in [0.717, 1.165) is 44.0 Å². The first-order valence-corrected chi connectivity index (χ1v) is 9.80. The lowest BCUT2D eigenvalue weighted by molar-refractivity contribution is 0.0634. The van der Waals surface area contributed by atoms with Crippen molar-refractivity contribution in [1.82, 2.24) is 19.6 Å². The zero-order valence-corrected chi connectivity index (χ0v) is 16.7. The number of hydrogen-bond acceptors (Lipinski definition) is 4. The van der Waals surface area contributed by atoms with E-state index in [2.05, 4.69) is 24.8 Å². The SMILES string of the molecule is CCN1CCN(C(=O)c2cc(-c3ccco3)nn2-c2ccc(C)cc2C)CC1. The number of nitrogens with zero attached hydrogens (tertiary/aromatic N) is 4. The molecule has 2 aromatic heterocycles. The molecule has 0 radical (unpaired) electrons. The van der Waals surface area contributed by atoms with Crippen molar-refractivity contribution < 1.29 is 9.21 Å². The summed E-state index contributed by atoms with van der Waals surface area (Å²) < 4.78 is 7.28. The molecule has 0 bridgehead atoms. The third-order valence-electron chi connectivity index (χ3n) is 5.39. The van der Waals surface area contributed by atoms with Gasteiger partial charge in [0.25, 0.3) is 5.91 Å². The van der Waals surface area contributed by atoms with Crippen LogP contribution in [0.15, 0.2) is 47.1 Å². The monoisotopic (exact) mass is 378 g/mol. The molecule has 3 aromatic rings. The van der Waals surface area contributed by atoms with Crippen LogP contribution in [0.2, 0.25) is 0 Å². The lowest BCUT2D eigenvalue weighted by atomic mass is 10.1. The van der Waals surface area contributed by atoms with Crippen molar-refractivity contribution >= 4 is 5.91 Å². The Bertz CT molecular complexity index is 967. The van der Waals surface area contributed by atoms with Gasteiger partial charge in [-0.1, -0.05) is 24.6 Å². The number of furan rings is 1. The molecule has 0 spiro atoms. The third-order valence-corrected chi connectivity index (χ3v) is 5.39. The van der Waals surface area contributed by atoms with Crippen LogP contribution in [0.5, 0.6) is 0 Å². The van der Waals surface area contributed by atoms with Crippen LogP contribution in [0.3, 0.4) is 0 Å². The fraction of sp³-hybridized carbons (Fsp3) is 0.364. The second-order valence-electron chi connectivity index (χ2n) is 7.32. The van der Waals surface area contributed by atoms with Crippen LogP contribution in [0, 0.1) is 13.8 Å². The maximum Gasteiger partial charge on any atom is 0.272 e. The average molecular weight is 378 g/mol.